The van der Waals surface area contributed by atoms with Gasteiger partial charge >= 0.3 is 0 Å². The van der Waals surface area contributed by atoms with Gasteiger partial charge in [0.15, 0.2) is 0 Å². The molecule has 1 aliphatic carbocycles. The number of hydrogen-bond acceptors (Lipinski definition) is 4. The van der Waals surface area contributed by atoms with E-state index in [0.717, 1.165) is 25.7 Å². The summed E-state index contributed by atoms with van der Waals surface area (Å²) in [6.07, 6.45) is 7.25. The van der Waals surface area contributed by atoms with Crippen molar-refractivity contribution >= 4 is 17.5 Å². The minimum atomic E-state index is -0.444. The number of amides is 2. The van der Waals surface area contributed by atoms with Crippen molar-refractivity contribution in [2.24, 2.45) is 11.7 Å². The maximum atomic E-state index is 12.2. The normalized spacial score (nSPS) is 24.5. The molecule has 1 fully saturated rings. The van der Waals surface area contributed by atoms with Crippen molar-refractivity contribution in [3.8, 4) is 0 Å². The number of nitrogens with zero attached hydrogens (tertiary/aromatic N) is 1. The number of carbonyl (C=O) groups excluding carboxylic acids is 2. The molecule has 2 rings (SSSR count). The van der Waals surface area contributed by atoms with Crippen LogP contribution in [0.5, 0.6) is 0 Å². The Morgan fingerprint density at radius 1 is 1.45 bits per heavy atom. The molecule has 1 saturated carbocycles. The van der Waals surface area contributed by atoms with Gasteiger partial charge in [-0.2, -0.15) is 0 Å². The SMILES string of the molecule is CC1(N)CCCCC1C(=O)NCCC(=O)Nc1cccnc1. The lowest BCUT2D eigenvalue weighted by Gasteiger charge is -2.37. The molecule has 2 unspecified atom stereocenters. The molecule has 6 nitrogen and oxygen atoms in total. The summed E-state index contributed by atoms with van der Waals surface area (Å²) in [5.41, 5.74) is 6.42. The molecular weight excluding hydrogens is 280 g/mol. The van der Waals surface area contributed by atoms with Gasteiger partial charge in [-0.1, -0.05) is 12.8 Å². The summed E-state index contributed by atoms with van der Waals surface area (Å²) in [5.74, 6) is -0.353. The molecule has 0 aromatic carbocycles. The molecule has 4 N–H and O–H groups in total. The molecule has 0 saturated heterocycles. The summed E-state index contributed by atoms with van der Waals surface area (Å²) in [6.45, 7) is 2.25. The van der Waals surface area contributed by atoms with E-state index < -0.39 is 5.54 Å². The van der Waals surface area contributed by atoms with Crippen LogP contribution in [0.25, 0.3) is 0 Å². The van der Waals surface area contributed by atoms with Crippen LogP contribution in [0, 0.1) is 5.92 Å². The minimum absolute atomic E-state index is 0.0427. The Morgan fingerprint density at radius 3 is 2.95 bits per heavy atom. The van der Waals surface area contributed by atoms with Crippen LogP contribution in [-0.2, 0) is 9.59 Å². The lowest BCUT2D eigenvalue weighted by molar-refractivity contribution is -0.128. The van der Waals surface area contributed by atoms with Gasteiger partial charge in [0.05, 0.1) is 17.8 Å². The van der Waals surface area contributed by atoms with Gasteiger partial charge < -0.3 is 16.4 Å². The van der Waals surface area contributed by atoms with E-state index in [1.807, 2.05) is 6.92 Å². The monoisotopic (exact) mass is 304 g/mol. The molecule has 6 heteroatoms. The Morgan fingerprint density at radius 2 is 2.27 bits per heavy atom. The van der Waals surface area contributed by atoms with E-state index in [-0.39, 0.29) is 24.2 Å². The molecule has 0 radical (unpaired) electrons. The van der Waals surface area contributed by atoms with Crippen molar-refractivity contribution in [2.45, 2.75) is 44.6 Å². The Hall–Kier alpha value is -1.95. The van der Waals surface area contributed by atoms with Gasteiger partial charge in [0.25, 0.3) is 0 Å². The summed E-state index contributed by atoms with van der Waals surface area (Å²) in [6, 6.07) is 3.52. The fourth-order valence-corrected chi connectivity index (χ4v) is 2.87. The Balaban J connectivity index is 1.73. The highest BCUT2D eigenvalue weighted by molar-refractivity contribution is 5.91. The van der Waals surface area contributed by atoms with E-state index in [0.29, 0.717) is 12.2 Å². The van der Waals surface area contributed by atoms with Crippen molar-refractivity contribution in [3.63, 3.8) is 0 Å². The summed E-state index contributed by atoms with van der Waals surface area (Å²) in [7, 11) is 0. The van der Waals surface area contributed by atoms with E-state index in [9.17, 15) is 9.59 Å². The van der Waals surface area contributed by atoms with Crippen LogP contribution >= 0.6 is 0 Å². The average molecular weight is 304 g/mol. The third-order valence-corrected chi connectivity index (χ3v) is 4.17. The molecule has 1 aromatic rings. The van der Waals surface area contributed by atoms with E-state index in [4.69, 9.17) is 5.73 Å². The van der Waals surface area contributed by atoms with Gasteiger partial charge in [-0.3, -0.25) is 14.6 Å². The zero-order valence-corrected chi connectivity index (χ0v) is 13.0. The molecule has 2 amide bonds. The van der Waals surface area contributed by atoms with Crippen LogP contribution in [0.2, 0.25) is 0 Å². The first-order chi connectivity index (χ1) is 10.5. The van der Waals surface area contributed by atoms with Crippen LogP contribution in [0.4, 0.5) is 5.69 Å². The zero-order valence-electron chi connectivity index (χ0n) is 13.0. The van der Waals surface area contributed by atoms with E-state index in [1.54, 1.807) is 24.5 Å². The first-order valence-corrected chi connectivity index (χ1v) is 7.75. The molecule has 1 heterocycles. The average Bonchev–Trinajstić information content (AvgIpc) is 2.47. The number of pyridine rings is 1. The summed E-state index contributed by atoms with van der Waals surface area (Å²) in [5, 5.41) is 5.56. The fraction of sp³-hybridized carbons (Fsp3) is 0.562. The quantitative estimate of drug-likeness (QED) is 0.766. The summed E-state index contributed by atoms with van der Waals surface area (Å²) < 4.78 is 0. The lowest BCUT2D eigenvalue weighted by Crippen LogP contribution is -2.53. The van der Waals surface area contributed by atoms with E-state index in [1.165, 1.54) is 0 Å². The van der Waals surface area contributed by atoms with Crippen molar-refractivity contribution in [1.29, 1.82) is 0 Å². The van der Waals surface area contributed by atoms with E-state index in [2.05, 4.69) is 15.6 Å². The molecule has 0 bridgehead atoms. The number of nitrogens with two attached hydrogens (primary N) is 1. The Labute approximate surface area is 130 Å². The van der Waals surface area contributed by atoms with Crippen LogP contribution in [0.1, 0.15) is 39.0 Å². The summed E-state index contributed by atoms with van der Waals surface area (Å²) >= 11 is 0. The molecule has 0 aliphatic heterocycles. The largest absolute Gasteiger partial charge is 0.355 e. The third kappa shape index (κ3) is 4.53. The maximum absolute atomic E-state index is 12.2. The first-order valence-electron chi connectivity index (χ1n) is 7.75. The van der Waals surface area contributed by atoms with Crippen molar-refractivity contribution in [3.05, 3.63) is 24.5 Å². The van der Waals surface area contributed by atoms with Gasteiger partial charge in [-0.05, 0) is 31.9 Å². The van der Waals surface area contributed by atoms with Gasteiger partial charge in [-0.15, -0.1) is 0 Å². The second-order valence-electron chi connectivity index (χ2n) is 6.14. The number of aromatic nitrogens is 1. The first kappa shape index (κ1) is 16.4. The number of rotatable bonds is 5. The number of carbonyl (C=O) groups is 2. The molecule has 0 spiro atoms. The van der Waals surface area contributed by atoms with Gasteiger partial charge in [0.2, 0.25) is 11.8 Å². The van der Waals surface area contributed by atoms with Gasteiger partial charge in [-0.25, -0.2) is 0 Å². The van der Waals surface area contributed by atoms with Crippen LogP contribution in [-0.4, -0.2) is 28.9 Å². The van der Waals surface area contributed by atoms with Gasteiger partial charge in [0, 0.05) is 24.7 Å². The maximum Gasteiger partial charge on any atom is 0.226 e. The highest BCUT2D eigenvalue weighted by Crippen LogP contribution is 2.31. The van der Waals surface area contributed by atoms with Crippen molar-refractivity contribution < 1.29 is 9.59 Å². The molecule has 1 aliphatic rings. The molecular formula is C16H24N4O2. The number of nitrogens with one attached hydrogen (secondary N) is 2. The zero-order chi connectivity index (χ0) is 16.0. The number of hydrogen-bond donors (Lipinski definition) is 3. The second kappa shape index (κ2) is 7.35. The van der Waals surface area contributed by atoms with Crippen molar-refractivity contribution in [2.75, 3.05) is 11.9 Å². The minimum Gasteiger partial charge on any atom is -0.355 e. The van der Waals surface area contributed by atoms with Crippen LogP contribution in [0.15, 0.2) is 24.5 Å². The fourth-order valence-electron chi connectivity index (χ4n) is 2.87. The lowest BCUT2D eigenvalue weighted by atomic mass is 9.74. The van der Waals surface area contributed by atoms with Crippen LogP contribution in [0.3, 0.4) is 0 Å². The molecule has 22 heavy (non-hydrogen) atoms. The topological polar surface area (TPSA) is 97.1 Å². The van der Waals surface area contributed by atoms with Crippen LogP contribution < -0.4 is 16.4 Å². The summed E-state index contributed by atoms with van der Waals surface area (Å²) in [4.78, 5) is 27.9. The highest BCUT2D eigenvalue weighted by atomic mass is 16.2. The Bertz CT molecular complexity index is 516. The van der Waals surface area contributed by atoms with Gasteiger partial charge in [0.1, 0.15) is 0 Å². The molecule has 1 aromatic heterocycles. The predicted molar refractivity (Wildman–Crippen MR) is 85.0 cm³/mol. The second-order valence-corrected chi connectivity index (χ2v) is 6.14. The molecule has 2 atom stereocenters. The van der Waals surface area contributed by atoms with Crippen molar-refractivity contribution in [1.82, 2.24) is 10.3 Å². The smallest absolute Gasteiger partial charge is 0.226 e. The third-order valence-electron chi connectivity index (χ3n) is 4.17. The number of anilines is 1. The van der Waals surface area contributed by atoms with E-state index >= 15 is 0 Å². The predicted octanol–water partition coefficient (Wildman–Crippen LogP) is 1.43. The highest BCUT2D eigenvalue weighted by Gasteiger charge is 2.37. The molecule has 120 valence electrons. The standard InChI is InChI=1S/C16H24N4O2/c1-16(17)8-3-2-6-13(16)15(22)19-10-7-14(21)20-12-5-4-9-18-11-12/h4-5,9,11,13H,2-3,6-8,10,17H2,1H3,(H,19,22)(H,20,21). The Kier molecular flexibility index (Phi) is 5.49.